The van der Waals surface area contributed by atoms with E-state index in [1.807, 2.05) is 50.2 Å². The summed E-state index contributed by atoms with van der Waals surface area (Å²) in [7, 11) is 3.93. The molecular weight excluding hydrogens is 414 g/mol. The van der Waals surface area contributed by atoms with E-state index in [0.29, 0.717) is 42.1 Å². The molecule has 5 rings (SSSR count). The first-order chi connectivity index (χ1) is 16.0. The molecule has 3 aliphatic rings. The van der Waals surface area contributed by atoms with Gasteiger partial charge in [-0.2, -0.15) is 0 Å². The van der Waals surface area contributed by atoms with Gasteiger partial charge in [0.2, 0.25) is 0 Å². The molecule has 0 saturated heterocycles. The summed E-state index contributed by atoms with van der Waals surface area (Å²) in [5.74, 6) is 3.34. The van der Waals surface area contributed by atoms with E-state index in [1.54, 1.807) is 11.1 Å². The highest BCUT2D eigenvalue weighted by Crippen LogP contribution is 2.49. The number of aromatic nitrogens is 2. The van der Waals surface area contributed by atoms with Crippen LogP contribution < -0.4 is 19.9 Å². The molecule has 1 fully saturated rings. The average Bonchev–Trinajstić information content (AvgIpc) is 3.62. The minimum absolute atomic E-state index is 0.0238. The van der Waals surface area contributed by atoms with Crippen LogP contribution in [0, 0.1) is 18.8 Å². The number of anilines is 2. The monoisotopic (exact) mass is 445 g/mol. The van der Waals surface area contributed by atoms with E-state index in [1.165, 1.54) is 12.0 Å². The van der Waals surface area contributed by atoms with Crippen LogP contribution in [0.1, 0.15) is 29.0 Å². The highest BCUT2D eigenvalue weighted by molar-refractivity contribution is 6.09. The molecule has 1 aromatic carbocycles. The molecular formula is C26H31N5O2. The third-order valence-corrected chi connectivity index (χ3v) is 6.74. The molecule has 1 aliphatic heterocycles. The van der Waals surface area contributed by atoms with Crippen molar-refractivity contribution in [1.29, 1.82) is 0 Å². The Morgan fingerprint density at radius 3 is 3.03 bits per heavy atom. The van der Waals surface area contributed by atoms with Gasteiger partial charge in [-0.3, -0.25) is 4.79 Å². The van der Waals surface area contributed by atoms with Gasteiger partial charge < -0.3 is 19.9 Å². The summed E-state index contributed by atoms with van der Waals surface area (Å²) in [5.41, 5.74) is 2.74. The van der Waals surface area contributed by atoms with Crippen LogP contribution in [0.2, 0.25) is 0 Å². The molecule has 33 heavy (non-hydrogen) atoms. The molecule has 0 bridgehead atoms. The quantitative estimate of drug-likeness (QED) is 0.705. The normalized spacial score (nSPS) is 22.3. The van der Waals surface area contributed by atoms with Gasteiger partial charge in [-0.05, 0) is 56.5 Å². The number of allylic oxidation sites excluding steroid dienone is 3. The molecule has 2 aromatic rings. The number of carbonyl (C=O) groups is 1. The maximum atomic E-state index is 13.4. The zero-order chi connectivity index (χ0) is 22.9. The molecule has 2 heterocycles. The van der Waals surface area contributed by atoms with Crippen molar-refractivity contribution in [3.8, 4) is 5.75 Å². The van der Waals surface area contributed by atoms with Crippen molar-refractivity contribution in [1.82, 2.24) is 15.3 Å². The van der Waals surface area contributed by atoms with E-state index in [2.05, 4.69) is 33.5 Å². The van der Waals surface area contributed by atoms with E-state index >= 15 is 0 Å². The van der Waals surface area contributed by atoms with Crippen LogP contribution >= 0.6 is 0 Å². The number of amides is 1. The number of rotatable bonds is 7. The van der Waals surface area contributed by atoms with Crippen molar-refractivity contribution in [2.24, 2.45) is 11.8 Å². The van der Waals surface area contributed by atoms with E-state index in [4.69, 9.17) is 4.74 Å². The zero-order valence-electron chi connectivity index (χ0n) is 19.5. The molecule has 1 amide bonds. The molecule has 2 aliphatic carbocycles. The molecule has 1 aromatic heterocycles. The maximum absolute atomic E-state index is 13.4. The number of carbonyl (C=O) groups excluding carboxylic acids is 1. The first kappa shape index (κ1) is 21.6. The van der Waals surface area contributed by atoms with E-state index in [0.717, 1.165) is 24.4 Å². The van der Waals surface area contributed by atoms with Gasteiger partial charge in [0.1, 0.15) is 29.1 Å². The van der Waals surface area contributed by atoms with Crippen molar-refractivity contribution >= 4 is 17.4 Å². The first-order valence-corrected chi connectivity index (χ1v) is 11.7. The Morgan fingerprint density at radius 2 is 2.18 bits per heavy atom. The number of hydrogen-bond donors (Lipinski definition) is 1. The van der Waals surface area contributed by atoms with Gasteiger partial charge in [0.15, 0.2) is 0 Å². The Balaban J connectivity index is 1.40. The molecule has 7 heteroatoms. The molecule has 0 spiro atoms. The molecule has 1 N–H and O–H groups in total. The number of aryl methyl sites for hydroxylation is 1. The summed E-state index contributed by atoms with van der Waals surface area (Å²) in [4.78, 5) is 26.0. The lowest BCUT2D eigenvalue weighted by Crippen LogP contribution is -2.33. The lowest BCUT2D eigenvalue weighted by Gasteiger charge is -2.25. The molecule has 3 atom stereocenters. The second kappa shape index (κ2) is 8.98. The third-order valence-electron chi connectivity index (χ3n) is 6.74. The number of ether oxygens (including phenoxy) is 1. The van der Waals surface area contributed by atoms with Gasteiger partial charge in [-0.1, -0.05) is 24.3 Å². The van der Waals surface area contributed by atoms with Gasteiger partial charge in [0.05, 0.1) is 0 Å². The van der Waals surface area contributed by atoms with E-state index < -0.39 is 0 Å². The van der Waals surface area contributed by atoms with Crippen LogP contribution in [0.5, 0.6) is 5.75 Å². The number of nitrogens with one attached hydrogen (secondary N) is 1. The van der Waals surface area contributed by atoms with Crippen molar-refractivity contribution < 1.29 is 9.53 Å². The zero-order valence-corrected chi connectivity index (χ0v) is 19.5. The van der Waals surface area contributed by atoms with Crippen molar-refractivity contribution in [2.45, 2.75) is 25.9 Å². The van der Waals surface area contributed by atoms with Crippen molar-refractivity contribution in [2.75, 3.05) is 43.5 Å². The lowest BCUT2D eigenvalue weighted by molar-refractivity contribution is 0.0989. The van der Waals surface area contributed by atoms with Crippen molar-refractivity contribution in [3.63, 3.8) is 0 Å². The van der Waals surface area contributed by atoms with Crippen LogP contribution in [0.15, 0.2) is 54.3 Å². The Bertz CT molecular complexity index is 1110. The number of nitrogens with zero attached hydrogens (tertiary/aromatic N) is 4. The average molecular weight is 446 g/mol. The standard InChI is InChI=1S/C26H31N5O2/c1-17-28-16-23-25(29-17)30(3)12-13-31(26(23)32)19-7-5-8-20(15-19)33-24(10-11-27-2)21-9-4-6-18-14-22(18)21/h4-9,15-16,18,22,24,27H,10-14H2,1-3H3. The maximum Gasteiger partial charge on any atom is 0.263 e. The molecule has 7 nitrogen and oxygen atoms in total. The van der Waals surface area contributed by atoms with Crippen LogP contribution in [-0.2, 0) is 0 Å². The van der Waals surface area contributed by atoms with Gasteiger partial charge in [-0.15, -0.1) is 0 Å². The Hall–Kier alpha value is -3.19. The van der Waals surface area contributed by atoms with E-state index in [9.17, 15) is 4.79 Å². The van der Waals surface area contributed by atoms with Gasteiger partial charge in [-0.25, -0.2) is 9.97 Å². The van der Waals surface area contributed by atoms with Crippen molar-refractivity contribution in [3.05, 3.63) is 65.7 Å². The molecule has 0 radical (unpaired) electrons. The first-order valence-electron chi connectivity index (χ1n) is 11.7. The lowest BCUT2D eigenvalue weighted by atomic mass is 9.97. The summed E-state index contributed by atoms with van der Waals surface area (Å²) in [6.07, 6.45) is 10.5. The third kappa shape index (κ3) is 4.37. The number of fused-ring (bicyclic) bond motifs is 2. The topological polar surface area (TPSA) is 70.6 Å². The summed E-state index contributed by atoms with van der Waals surface area (Å²) in [6, 6.07) is 7.89. The highest BCUT2D eigenvalue weighted by atomic mass is 16.5. The summed E-state index contributed by atoms with van der Waals surface area (Å²) in [6.45, 7) is 3.98. The number of likely N-dealkylation sites (N-methyl/N-ethyl adjacent to an activating group) is 1. The number of hydrogen-bond acceptors (Lipinski definition) is 6. The SMILES string of the molecule is CNCCC(Oc1cccc(N2CCN(C)c3nc(C)ncc3C2=O)c1)C1=CC=CC2CC12. The van der Waals surface area contributed by atoms with Crippen LogP contribution in [0.3, 0.4) is 0 Å². The largest absolute Gasteiger partial charge is 0.486 e. The second-order valence-corrected chi connectivity index (χ2v) is 9.09. The molecule has 172 valence electrons. The Labute approximate surface area is 195 Å². The van der Waals surface area contributed by atoms with Crippen LogP contribution in [0.4, 0.5) is 11.5 Å². The fourth-order valence-electron chi connectivity index (χ4n) is 4.80. The minimum Gasteiger partial charge on any atom is -0.486 e. The summed E-state index contributed by atoms with van der Waals surface area (Å²) >= 11 is 0. The predicted molar refractivity (Wildman–Crippen MR) is 130 cm³/mol. The van der Waals surface area contributed by atoms with Gasteiger partial charge >= 0.3 is 0 Å². The van der Waals surface area contributed by atoms with Gasteiger partial charge in [0.25, 0.3) is 5.91 Å². The fraction of sp³-hybridized carbons (Fsp3) is 0.423. The second-order valence-electron chi connectivity index (χ2n) is 9.09. The van der Waals surface area contributed by atoms with Crippen LogP contribution in [-0.4, -0.2) is 55.7 Å². The predicted octanol–water partition coefficient (Wildman–Crippen LogP) is 3.37. The fourth-order valence-corrected chi connectivity index (χ4v) is 4.80. The Kier molecular flexibility index (Phi) is 5.89. The van der Waals surface area contributed by atoms with Gasteiger partial charge in [0, 0.05) is 44.5 Å². The summed E-state index contributed by atoms with van der Waals surface area (Å²) < 4.78 is 6.54. The minimum atomic E-state index is -0.0841. The van der Waals surface area contributed by atoms with Crippen LogP contribution in [0.25, 0.3) is 0 Å². The Morgan fingerprint density at radius 1 is 1.30 bits per heavy atom. The highest BCUT2D eigenvalue weighted by Gasteiger charge is 2.42. The molecule has 1 saturated carbocycles. The van der Waals surface area contributed by atoms with E-state index in [-0.39, 0.29) is 12.0 Å². The smallest absolute Gasteiger partial charge is 0.263 e. The molecule has 3 unspecified atom stereocenters. The number of benzene rings is 1. The summed E-state index contributed by atoms with van der Waals surface area (Å²) in [5, 5.41) is 3.25.